The summed E-state index contributed by atoms with van der Waals surface area (Å²) in [6.45, 7) is 2.31. The van der Waals surface area contributed by atoms with Crippen molar-refractivity contribution in [3.8, 4) is 23.0 Å². The Balaban J connectivity index is 1.70. The van der Waals surface area contributed by atoms with Gasteiger partial charge in [-0.15, -0.1) is 0 Å². The zero-order chi connectivity index (χ0) is 19.2. The van der Waals surface area contributed by atoms with Crippen molar-refractivity contribution in [2.75, 3.05) is 14.2 Å². The van der Waals surface area contributed by atoms with E-state index in [-0.39, 0.29) is 12.5 Å². The van der Waals surface area contributed by atoms with Gasteiger partial charge < -0.3 is 19.2 Å². The number of benzene rings is 2. The predicted molar refractivity (Wildman–Crippen MR) is 102 cm³/mol. The van der Waals surface area contributed by atoms with Crippen LogP contribution in [0.1, 0.15) is 28.5 Å². The summed E-state index contributed by atoms with van der Waals surface area (Å²) in [5.74, 6) is 1.56. The number of hydrogen-bond donors (Lipinski definition) is 1. The zero-order valence-electron chi connectivity index (χ0n) is 15.6. The van der Waals surface area contributed by atoms with Crippen LogP contribution in [0.15, 0.2) is 53.1 Å². The first-order chi connectivity index (χ1) is 13.2. The second-order valence-electron chi connectivity index (χ2n) is 5.91. The molecule has 0 aliphatic heterocycles. The lowest BCUT2D eigenvalue weighted by Crippen LogP contribution is -2.24. The number of carbonyl (C=O) groups excluding carboxylic acids is 1. The summed E-state index contributed by atoms with van der Waals surface area (Å²) in [7, 11) is 3.16. The Morgan fingerprint density at radius 3 is 2.63 bits per heavy atom. The van der Waals surface area contributed by atoms with Gasteiger partial charge in [0.05, 0.1) is 26.5 Å². The molecule has 6 nitrogen and oxygen atoms in total. The molecule has 0 saturated heterocycles. The summed E-state index contributed by atoms with van der Waals surface area (Å²) < 4.78 is 16.1. The van der Waals surface area contributed by atoms with E-state index < -0.39 is 0 Å². The maximum Gasteiger partial charge on any atom is 0.251 e. The van der Waals surface area contributed by atoms with Crippen LogP contribution in [0.4, 0.5) is 0 Å². The lowest BCUT2D eigenvalue weighted by molar-refractivity contribution is 0.0949. The number of rotatable bonds is 7. The fraction of sp³-hybridized carbons (Fsp3) is 0.238. The molecule has 0 unspecified atom stereocenters. The maximum atomic E-state index is 12.4. The van der Waals surface area contributed by atoms with E-state index in [4.69, 9.17) is 13.9 Å². The largest absolute Gasteiger partial charge is 0.493 e. The number of oxazole rings is 1. The van der Waals surface area contributed by atoms with Gasteiger partial charge in [-0.2, -0.15) is 0 Å². The van der Waals surface area contributed by atoms with E-state index in [1.165, 1.54) is 6.26 Å². The van der Waals surface area contributed by atoms with Gasteiger partial charge in [0.25, 0.3) is 5.91 Å². The monoisotopic (exact) mass is 366 g/mol. The number of nitrogens with zero attached hydrogens (tertiary/aromatic N) is 1. The van der Waals surface area contributed by atoms with Crippen LogP contribution in [0.25, 0.3) is 11.5 Å². The van der Waals surface area contributed by atoms with Crippen molar-refractivity contribution in [2.45, 2.75) is 19.9 Å². The van der Waals surface area contributed by atoms with Gasteiger partial charge in [0.2, 0.25) is 5.89 Å². The van der Waals surface area contributed by atoms with Crippen LogP contribution in [0.2, 0.25) is 0 Å². The molecule has 0 aliphatic carbocycles. The number of methoxy groups -OCH3 is 2. The van der Waals surface area contributed by atoms with Gasteiger partial charge in [0.1, 0.15) is 6.26 Å². The molecule has 6 heteroatoms. The molecule has 0 fully saturated rings. The van der Waals surface area contributed by atoms with Crippen LogP contribution in [0.3, 0.4) is 0 Å². The number of aromatic nitrogens is 1. The number of carbonyl (C=O) groups is 1. The van der Waals surface area contributed by atoms with E-state index in [1.54, 1.807) is 26.4 Å². The number of nitrogens with one attached hydrogen (secondary N) is 1. The number of ether oxygens (including phenoxy) is 2. The Hall–Kier alpha value is -3.28. The number of aryl methyl sites for hydroxylation is 1. The molecule has 2 aromatic carbocycles. The molecule has 0 saturated carbocycles. The lowest BCUT2D eigenvalue weighted by Gasteiger charge is -2.08. The highest BCUT2D eigenvalue weighted by Crippen LogP contribution is 2.31. The standard InChI is InChI=1S/C21H22N2O4/c1-4-14-7-5-6-8-17(14)20(24)22-12-16-13-27-21(23-16)15-9-10-18(25-2)19(11-15)26-3/h5-11,13H,4,12H2,1-3H3,(H,22,24). The van der Waals surface area contributed by atoms with Crippen LogP contribution in [-0.2, 0) is 13.0 Å². The minimum Gasteiger partial charge on any atom is -0.493 e. The molecule has 0 radical (unpaired) electrons. The summed E-state index contributed by atoms with van der Waals surface area (Å²) in [6, 6.07) is 13.0. The lowest BCUT2D eigenvalue weighted by atomic mass is 10.0. The molecule has 1 heterocycles. The van der Waals surface area contributed by atoms with Gasteiger partial charge >= 0.3 is 0 Å². The second kappa shape index (κ2) is 8.40. The molecule has 140 valence electrons. The Bertz CT molecular complexity index is 933. The van der Waals surface area contributed by atoms with Crippen LogP contribution < -0.4 is 14.8 Å². The molecule has 1 N–H and O–H groups in total. The Morgan fingerprint density at radius 2 is 1.89 bits per heavy atom. The van der Waals surface area contributed by atoms with E-state index >= 15 is 0 Å². The SMILES string of the molecule is CCc1ccccc1C(=O)NCc1coc(-c2ccc(OC)c(OC)c2)n1. The summed E-state index contributed by atoms with van der Waals surface area (Å²) in [5.41, 5.74) is 3.11. The van der Waals surface area contributed by atoms with Crippen LogP contribution >= 0.6 is 0 Å². The molecule has 0 spiro atoms. The van der Waals surface area contributed by atoms with Crippen molar-refractivity contribution >= 4 is 5.91 Å². The van der Waals surface area contributed by atoms with Gasteiger partial charge in [-0.05, 0) is 36.2 Å². The molecular weight excluding hydrogens is 344 g/mol. The highest BCUT2D eigenvalue weighted by molar-refractivity contribution is 5.95. The first kappa shape index (κ1) is 18.5. The van der Waals surface area contributed by atoms with Gasteiger partial charge in [0.15, 0.2) is 11.5 Å². The molecular formula is C21H22N2O4. The van der Waals surface area contributed by atoms with E-state index in [2.05, 4.69) is 10.3 Å². The molecule has 0 atom stereocenters. The number of amides is 1. The Morgan fingerprint density at radius 1 is 1.11 bits per heavy atom. The third-order valence-corrected chi connectivity index (χ3v) is 4.26. The van der Waals surface area contributed by atoms with Crippen molar-refractivity contribution in [1.82, 2.24) is 10.3 Å². The topological polar surface area (TPSA) is 73.6 Å². The van der Waals surface area contributed by atoms with Gasteiger partial charge in [0, 0.05) is 11.1 Å². The maximum absolute atomic E-state index is 12.4. The Labute approximate surface area is 158 Å². The quantitative estimate of drug-likeness (QED) is 0.687. The summed E-state index contributed by atoms with van der Waals surface area (Å²) in [5, 5.41) is 2.89. The van der Waals surface area contributed by atoms with E-state index in [0.717, 1.165) is 17.5 Å². The van der Waals surface area contributed by atoms with Crippen molar-refractivity contribution < 1.29 is 18.7 Å². The average molecular weight is 366 g/mol. The first-order valence-electron chi connectivity index (χ1n) is 8.69. The van der Waals surface area contributed by atoms with Gasteiger partial charge in [-0.3, -0.25) is 4.79 Å². The normalized spacial score (nSPS) is 10.5. The first-order valence-corrected chi connectivity index (χ1v) is 8.69. The summed E-state index contributed by atoms with van der Waals surface area (Å²) in [6.07, 6.45) is 2.34. The minimum atomic E-state index is -0.122. The van der Waals surface area contributed by atoms with Gasteiger partial charge in [-0.25, -0.2) is 4.98 Å². The second-order valence-corrected chi connectivity index (χ2v) is 5.91. The zero-order valence-corrected chi connectivity index (χ0v) is 15.6. The molecule has 3 rings (SSSR count). The smallest absolute Gasteiger partial charge is 0.251 e. The minimum absolute atomic E-state index is 0.122. The fourth-order valence-corrected chi connectivity index (χ4v) is 2.81. The van der Waals surface area contributed by atoms with Crippen LogP contribution in [0, 0.1) is 0 Å². The molecule has 0 bridgehead atoms. The van der Waals surface area contributed by atoms with Crippen LogP contribution in [0.5, 0.6) is 11.5 Å². The molecule has 0 aliphatic rings. The summed E-state index contributed by atoms with van der Waals surface area (Å²) >= 11 is 0. The third kappa shape index (κ3) is 4.11. The fourth-order valence-electron chi connectivity index (χ4n) is 2.81. The van der Waals surface area contributed by atoms with Crippen LogP contribution in [-0.4, -0.2) is 25.1 Å². The molecule has 27 heavy (non-hydrogen) atoms. The third-order valence-electron chi connectivity index (χ3n) is 4.26. The van der Waals surface area contributed by atoms with E-state index in [9.17, 15) is 4.79 Å². The predicted octanol–water partition coefficient (Wildman–Crippen LogP) is 3.85. The number of hydrogen-bond acceptors (Lipinski definition) is 5. The van der Waals surface area contributed by atoms with Crippen molar-refractivity contribution in [2.24, 2.45) is 0 Å². The highest BCUT2D eigenvalue weighted by Gasteiger charge is 2.13. The average Bonchev–Trinajstić information content (AvgIpc) is 3.20. The molecule has 3 aromatic rings. The Kier molecular flexibility index (Phi) is 5.76. The van der Waals surface area contributed by atoms with Crippen molar-refractivity contribution in [3.63, 3.8) is 0 Å². The highest BCUT2D eigenvalue weighted by atomic mass is 16.5. The van der Waals surface area contributed by atoms with Gasteiger partial charge in [-0.1, -0.05) is 25.1 Å². The van der Waals surface area contributed by atoms with E-state index in [0.29, 0.717) is 28.6 Å². The van der Waals surface area contributed by atoms with Crippen molar-refractivity contribution in [1.29, 1.82) is 0 Å². The van der Waals surface area contributed by atoms with Crippen molar-refractivity contribution in [3.05, 3.63) is 65.5 Å². The molecule has 1 aromatic heterocycles. The summed E-state index contributed by atoms with van der Waals surface area (Å²) in [4.78, 5) is 16.9. The van der Waals surface area contributed by atoms with E-state index in [1.807, 2.05) is 37.3 Å². The molecule has 1 amide bonds.